The van der Waals surface area contributed by atoms with Crippen molar-refractivity contribution in [2.24, 2.45) is 0 Å². The number of ketones is 1. The van der Waals surface area contributed by atoms with Crippen molar-refractivity contribution < 1.29 is 17.9 Å². The zero-order valence-corrected chi connectivity index (χ0v) is 10.4. The number of halogens is 1. The van der Waals surface area contributed by atoms with E-state index >= 15 is 0 Å². The summed E-state index contributed by atoms with van der Waals surface area (Å²) >= 11 is 5.80. The van der Waals surface area contributed by atoms with E-state index in [1.165, 1.54) is 32.2 Å². The number of hydrogen-bond acceptors (Lipinski definition) is 4. The zero-order chi connectivity index (χ0) is 12.3. The standard InChI is InChI=1S/C10H11ClO4S/c1-7(12)6-16(13,14)8-3-4-10(15-2)9(11)5-8/h3-5H,6H2,1-2H3. The fourth-order valence-electron chi connectivity index (χ4n) is 1.19. The minimum absolute atomic E-state index is 0.0218. The van der Waals surface area contributed by atoms with Gasteiger partial charge < -0.3 is 4.74 Å². The van der Waals surface area contributed by atoms with Gasteiger partial charge >= 0.3 is 0 Å². The van der Waals surface area contributed by atoms with E-state index in [-0.39, 0.29) is 9.92 Å². The van der Waals surface area contributed by atoms with Crippen molar-refractivity contribution >= 4 is 27.2 Å². The lowest BCUT2D eigenvalue weighted by molar-refractivity contribution is -0.114. The van der Waals surface area contributed by atoms with Crippen molar-refractivity contribution in [1.29, 1.82) is 0 Å². The Morgan fingerprint density at radius 3 is 2.50 bits per heavy atom. The van der Waals surface area contributed by atoms with Crippen LogP contribution in [-0.2, 0) is 14.6 Å². The lowest BCUT2D eigenvalue weighted by Crippen LogP contribution is -2.13. The van der Waals surface area contributed by atoms with E-state index in [1.54, 1.807) is 0 Å². The molecule has 0 aromatic heterocycles. The van der Waals surface area contributed by atoms with Crippen molar-refractivity contribution in [3.05, 3.63) is 23.2 Å². The topological polar surface area (TPSA) is 60.4 Å². The van der Waals surface area contributed by atoms with E-state index < -0.39 is 21.4 Å². The molecule has 0 saturated heterocycles. The Kier molecular flexibility index (Phi) is 3.93. The Labute approximate surface area is 99.1 Å². The first-order valence-electron chi connectivity index (χ1n) is 4.42. The molecule has 0 heterocycles. The van der Waals surface area contributed by atoms with Gasteiger partial charge in [0.05, 0.1) is 17.0 Å². The predicted molar refractivity (Wildman–Crippen MR) is 60.7 cm³/mol. The van der Waals surface area contributed by atoms with Gasteiger partial charge in [0.15, 0.2) is 9.84 Å². The maximum Gasteiger partial charge on any atom is 0.185 e. The third-order valence-corrected chi connectivity index (χ3v) is 3.93. The lowest BCUT2D eigenvalue weighted by atomic mass is 10.3. The summed E-state index contributed by atoms with van der Waals surface area (Å²) in [6.07, 6.45) is 0. The maximum absolute atomic E-state index is 11.7. The van der Waals surface area contributed by atoms with Crippen LogP contribution in [0.25, 0.3) is 0 Å². The Morgan fingerprint density at radius 2 is 2.06 bits per heavy atom. The molecule has 0 aliphatic heterocycles. The summed E-state index contributed by atoms with van der Waals surface area (Å²) in [5.41, 5.74) is 0. The minimum atomic E-state index is -3.60. The van der Waals surface area contributed by atoms with E-state index in [1.807, 2.05) is 0 Å². The zero-order valence-electron chi connectivity index (χ0n) is 8.86. The Morgan fingerprint density at radius 1 is 1.44 bits per heavy atom. The van der Waals surface area contributed by atoms with Crippen molar-refractivity contribution in [2.75, 3.05) is 12.9 Å². The van der Waals surface area contributed by atoms with Crippen molar-refractivity contribution in [2.45, 2.75) is 11.8 Å². The summed E-state index contributed by atoms with van der Waals surface area (Å²) in [7, 11) is -2.16. The quantitative estimate of drug-likeness (QED) is 0.829. The molecule has 16 heavy (non-hydrogen) atoms. The Balaban J connectivity index is 3.15. The van der Waals surface area contributed by atoms with Gasteiger partial charge in [0.1, 0.15) is 17.3 Å². The summed E-state index contributed by atoms with van der Waals surface area (Å²) in [6.45, 7) is 1.22. The number of benzene rings is 1. The second-order valence-electron chi connectivity index (χ2n) is 3.26. The number of rotatable bonds is 4. The third-order valence-electron chi connectivity index (χ3n) is 1.88. The van der Waals surface area contributed by atoms with Gasteiger partial charge in [-0.15, -0.1) is 0 Å². The molecule has 0 amide bonds. The number of carbonyl (C=O) groups is 1. The largest absolute Gasteiger partial charge is 0.495 e. The van der Waals surface area contributed by atoms with Gasteiger partial charge in [-0.1, -0.05) is 11.6 Å². The number of ether oxygens (including phenoxy) is 1. The van der Waals surface area contributed by atoms with Gasteiger partial charge in [-0.2, -0.15) is 0 Å². The molecule has 0 saturated carbocycles. The molecular weight excluding hydrogens is 252 g/mol. The van der Waals surface area contributed by atoms with Crippen LogP contribution in [0, 0.1) is 0 Å². The molecule has 1 aromatic carbocycles. The van der Waals surface area contributed by atoms with Crippen LogP contribution in [0.15, 0.2) is 23.1 Å². The molecule has 0 fully saturated rings. The fraction of sp³-hybridized carbons (Fsp3) is 0.300. The highest BCUT2D eigenvalue weighted by Gasteiger charge is 2.18. The molecule has 0 radical (unpaired) electrons. The number of carbonyl (C=O) groups excluding carboxylic acids is 1. The number of Topliss-reactive ketones (excluding diaryl/α,β-unsaturated/α-hetero) is 1. The van der Waals surface area contributed by atoms with E-state index in [2.05, 4.69) is 0 Å². The molecule has 1 rings (SSSR count). The fourth-order valence-corrected chi connectivity index (χ4v) is 2.79. The van der Waals surface area contributed by atoms with Crippen molar-refractivity contribution in [1.82, 2.24) is 0 Å². The number of hydrogen-bond donors (Lipinski definition) is 0. The van der Waals surface area contributed by atoms with Gasteiger partial charge in [-0.3, -0.25) is 4.79 Å². The summed E-state index contributed by atoms with van der Waals surface area (Å²) in [5, 5.41) is 0.201. The highest BCUT2D eigenvalue weighted by atomic mass is 35.5. The minimum Gasteiger partial charge on any atom is -0.495 e. The van der Waals surface area contributed by atoms with Gasteiger partial charge in [-0.25, -0.2) is 8.42 Å². The van der Waals surface area contributed by atoms with Crippen LogP contribution in [0.2, 0.25) is 5.02 Å². The molecule has 1 aromatic rings. The van der Waals surface area contributed by atoms with Crippen molar-refractivity contribution in [3.8, 4) is 5.75 Å². The van der Waals surface area contributed by atoms with Crippen LogP contribution < -0.4 is 4.74 Å². The highest BCUT2D eigenvalue weighted by molar-refractivity contribution is 7.92. The number of methoxy groups -OCH3 is 1. The Hall–Kier alpha value is -1.07. The van der Waals surface area contributed by atoms with E-state index in [9.17, 15) is 13.2 Å². The van der Waals surface area contributed by atoms with Crippen LogP contribution in [0.4, 0.5) is 0 Å². The molecule has 0 N–H and O–H groups in total. The smallest absolute Gasteiger partial charge is 0.185 e. The molecule has 0 spiro atoms. The first kappa shape index (κ1) is 13.0. The first-order valence-corrected chi connectivity index (χ1v) is 6.45. The summed E-state index contributed by atoms with van der Waals surface area (Å²) in [4.78, 5) is 10.8. The molecule has 0 unspecified atom stereocenters. The molecule has 0 aliphatic rings. The maximum atomic E-state index is 11.7. The van der Waals surface area contributed by atoms with Crippen LogP contribution in [0.3, 0.4) is 0 Å². The average molecular weight is 263 g/mol. The molecule has 6 heteroatoms. The van der Waals surface area contributed by atoms with Gasteiger partial charge in [0.2, 0.25) is 0 Å². The molecule has 0 atom stereocenters. The molecule has 4 nitrogen and oxygen atoms in total. The summed E-state index contributed by atoms with van der Waals surface area (Å²) in [6, 6.07) is 4.09. The summed E-state index contributed by atoms with van der Waals surface area (Å²) < 4.78 is 28.2. The van der Waals surface area contributed by atoms with Crippen LogP contribution in [0.5, 0.6) is 5.75 Å². The van der Waals surface area contributed by atoms with Crippen LogP contribution in [0.1, 0.15) is 6.92 Å². The second kappa shape index (κ2) is 4.84. The van der Waals surface area contributed by atoms with Crippen molar-refractivity contribution in [3.63, 3.8) is 0 Å². The number of sulfone groups is 1. The van der Waals surface area contributed by atoms with Gasteiger partial charge in [-0.05, 0) is 25.1 Å². The summed E-state index contributed by atoms with van der Waals surface area (Å²) in [5.74, 6) is -0.536. The van der Waals surface area contributed by atoms with Gasteiger partial charge in [0, 0.05) is 0 Å². The third kappa shape index (κ3) is 2.96. The van der Waals surface area contributed by atoms with E-state index in [4.69, 9.17) is 16.3 Å². The lowest BCUT2D eigenvalue weighted by Gasteiger charge is -2.06. The monoisotopic (exact) mass is 262 g/mol. The Bertz CT molecular complexity index is 508. The van der Waals surface area contributed by atoms with Gasteiger partial charge in [0.25, 0.3) is 0 Å². The van der Waals surface area contributed by atoms with E-state index in [0.29, 0.717) is 5.75 Å². The molecule has 88 valence electrons. The van der Waals surface area contributed by atoms with E-state index in [0.717, 1.165) is 0 Å². The normalized spacial score (nSPS) is 11.2. The first-order chi connectivity index (χ1) is 7.36. The molecule has 0 bridgehead atoms. The molecular formula is C10H11ClO4S. The SMILES string of the molecule is COc1ccc(S(=O)(=O)CC(C)=O)cc1Cl. The second-order valence-corrected chi connectivity index (χ2v) is 5.65. The average Bonchev–Trinajstić information content (AvgIpc) is 2.15. The van der Waals surface area contributed by atoms with Crippen LogP contribution >= 0.6 is 11.6 Å². The van der Waals surface area contributed by atoms with Crippen LogP contribution in [-0.4, -0.2) is 27.1 Å². The highest BCUT2D eigenvalue weighted by Crippen LogP contribution is 2.27. The molecule has 0 aliphatic carbocycles. The predicted octanol–water partition coefficient (Wildman–Crippen LogP) is 1.71.